The minimum absolute atomic E-state index is 0.0404. The van der Waals surface area contributed by atoms with Crippen molar-refractivity contribution in [1.82, 2.24) is 5.32 Å². The molecule has 30 heavy (non-hydrogen) atoms. The van der Waals surface area contributed by atoms with Crippen LogP contribution < -0.4 is 10.6 Å². The van der Waals surface area contributed by atoms with Crippen LogP contribution in [0.25, 0.3) is 0 Å². The Morgan fingerprint density at radius 2 is 1.90 bits per heavy atom. The highest BCUT2D eigenvalue weighted by atomic mass is 32.2. The van der Waals surface area contributed by atoms with Crippen molar-refractivity contribution in [2.75, 3.05) is 16.8 Å². The van der Waals surface area contributed by atoms with Gasteiger partial charge in [0.2, 0.25) is 5.91 Å². The van der Waals surface area contributed by atoms with Crippen LogP contribution in [0, 0.1) is 25.2 Å². The van der Waals surface area contributed by atoms with E-state index < -0.39 is 23.5 Å². The number of hydrogen-bond acceptors (Lipinski definition) is 6. The van der Waals surface area contributed by atoms with Gasteiger partial charge in [-0.05, 0) is 45.2 Å². The van der Waals surface area contributed by atoms with Crippen molar-refractivity contribution in [3.63, 3.8) is 0 Å². The van der Waals surface area contributed by atoms with Crippen LogP contribution in [0.4, 0.5) is 5.69 Å². The van der Waals surface area contributed by atoms with E-state index in [1.165, 1.54) is 6.92 Å². The molecule has 1 fully saturated rings. The SMILES string of the molecule is Cc1ccc(NC(=O)CSCC(=O)O[C@@H](C)C(=O)NC2(C#N)CCCCC2)c(C)c1. The highest BCUT2D eigenvalue weighted by Crippen LogP contribution is 2.27. The Morgan fingerprint density at radius 3 is 2.53 bits per heavy atom. The van der Waals surface area contributed by atoms with Crippen LogP contribution in [0.1, 0.15) is 50.2 Å². The number of nitrogens with one attached hydrogen (secondary N) is 2. The van der Waals surface area contributed by atoms with Crippen molar-refractivity contribution in [3.8, 4) is 6.07 Å². The van der Waals surface area contributed by atoms with Gasteiger partial charge in [0.15, 0.2) is 6.10 Å². The summed E-state index contributed by atoms with van der Waals surface area (Å²) in [5, 5.41) is 15.0. The van der Waals surface area contributed by atoms with Crippen molar-refractivity contribution in [3.05, 3.63) is 29.3 Å². The second-order valence-electron chi connectivity index (χ2n) is 7.74. The topological polar surface area (TPSA) is 108 Å². The number of aryl methyl sites for hydroxylation is 2. The molecule has 0 saturated heterocycles. The first-order chi connectivity index (χ1) is 14.2. The largest absolute Gasteiger partial charge is 0.452 e. The van der Waals surface area contributed by atoms with Crippen LogP contribution in [0.5, 0.6) is 0 Å². The maximum Gasteiger partial charge on any atom is 0.316 e. The molecule has 1 aliphatic rings. The van der Waals surface area contributed by atoms with E-state index in [1.807, 2.05) is 32.0 Å². The van der Waals surface area contributed by atoms with E-state index in [4.69, 9.17) is 4.74 Å². The highest BCUT2D eigenvalue weighted by molar-refractivity contribution is 8.00. The zero-order valence-electron chi connectivity index (χ0n) is 17.7. The number of nitriles is 1. The summed E-state index contributed by atoms with van der Waals surface area (Å²) in [4.78, 5) is 36.4. The zero-order chi connectivity index (χ0) is 22.1. The van der Waals surface area contributed by atoms with Gasteiger partial charge in [-0.1, -0.05) is 37.0 Å². The average Bonchev–Trinajstić information content (AvgIpc) is 2.70. The number of benzene rings is 1. The Hall–Kier alpha value is -2.53. The summed E-state index contributed by atoms with van der Waals surface area (Å²) >= 11 is 1.12. The van der Waals surface area contributed by atoms with Crippen molar-refractivity contribution >= 4 is 35.2 Å². The quantitative estimate of drug-likeness (QED) is 0.612. The van der Waals surface area contributed by atoms with Gasteiger partial charge in [-0.15, -0.1) is 11.8 Å². The lowest BCUT2D eigenvalue weighted by atomic mass is 9.83. The molecule has 1 aliphatic carbocycles. The minimum atomic E-state index is -0.991. The molecule has 0 unspecified atom stereocenters. The Balaban J connectivity index is 1.72. The molecule has 1 atom stereocenters. The molecular weight excluding hydrogens is 402 g/mol. The zero-order valence-corrected chi connectivity index (χ0v) is 18.6. The smallest absolute Gasteiger partial charge is 0.316 e. The summed E-state index contributed by atoms with van der Waals surface area (Å²) < 4.78 is 5.16. The Morgan fingerprint density at radius 1 is 1.20 bits per heavy atom. The first-order valence-corrected chi connectivity index (χ1v) is 11.3. The number of anilines is 1. The third-order valence-electron chi connectivity index (χ3n) is 5.07. The molecule has 0 bridgehead atoms. The van der Waals surface area contributed by atoms with Crippen LogP contribution in [-0.2, 0) is 19.1 Å². The van der Waals surface area contributed by atoms with Crippen molar-refractivity contribution in [2.45, 2.75) is 64.5 Å². The highest BCUT2D eigenvalue weighted by Gasteiger charge is 2.35. The van der Waals surface area contributed by atoms with Crippen molar-refractivity contribution in [2.24, 2.45) is 0 Å². The van der Waals surface area contributed by atoms with Gasteiger partial charge in [0.05, 0.1) is 17.6 Å². The molecule has 0 aliphatic heterocycles. The van der Waals surface area contributed by atoms with Gasteiger partial charge in [-0.25, -0.2) is 0 Å². The van der Waals surface area contributed by atoms with Crippen LogP contribution in [-0.4, -0.2) is 40.9 Å². The van der Waals surface area contributed by atoms with Gasteiger partial charge in [0.1, 0.15) is 5.54 Å². The lowest BCUT2D eigenvalue weighted by molar-refractivity contribution is -0.152. The summed E-state index contributed by atoms with van der Waals surface area (Å²) in [5.41, 5.74) is 1.97. The average molecular weight is 432 g/mol. The van der Waals surface area contributed by atoms with Crippen molar-refractivity contribution < 1.29 is 19.1 Å². The predicted molar refractivity (Wildman–Crippen MR) is 117 cm³/mol. The number of esters is 1. The van der Waals surface area contributed by atoms with Gasteiger partial charge in [0, 0.05) is 5.69 Å². The molecule has 0 aromatic heterocycles. The molecule has 1 saturated carbocycles. The van der Waals surface area contributed by atoms with Crippen LogP contribution in [0.3, 0.4) is 0 Å². The molecule has 7 nitrogen and oxygen atoms in total. The number of nitrogens with zero attached hydrogens (tertiary/aromatic N) is 1. The molecule has 1 aromatic carbocycles. The molecule has 0 spiro atoms. The van der Waals surface area contributed by atoms with E-state index in [2.05, 4.69) is 16.7 Å². The van der Waals surface area contributed by atoms with E-state index in [9.17, 15) is 19.6 Å². The molecule has 162 valence electrons. The standard InChI is InChI=1S/C22H29N3O4S/c1-15-7-8-18(16(2)11-15)24-19(26)12-30-13-20(27)29-17(3)21(28)25-22(14-23)9-5-4-6-10-22/h7-8,11,17H,4-6,9-10,12-13H2,1-3H3,(H,24,26)(H,25,28)/t17-/m0/s1. The van der Waals surface area contributed by atoms with E-state index >= 15 is 0 Å². The van der Waals surface area contributed by atoms with Gasteiger partial charge in [-0.2, -0.15) is 5.26 Å². The number of carbonyl (C=O) groups is 3. The lowest BCUT2D eigenvalue weighted by Crippen LogP contribution is -2.52. The van der Waals surface area contributed by atoms with Crippen molar-refractivity contribution in [1.29, 1.82) is 5.26 Å². The van der Waals surface area contributed by atoms with Gasteiger partial charge in [0.25, 0.3) is 5.91 Å². The van der Waals surface area contributed by atoms with Gasteiger partial charge in [-0.3, -0.25) is 14.4 Å². The second-order valence-corrected chi connectivity index (χ2v) is 8.72. The molecule has 2 rings (SSSR count). The van der Waals surface area contributed by atoms with E-state index in [0.717, 1.165) is 47.8 Å². The first-order valence-electron chi connectivity index (χ1n) is 10.1. The Labute approximate surface area is 181 Å². The van der Waals surface area contributed by atoms with E-state index in [-0.39, 0.29) is 17.4 Å². The number of hydrogen-bond donors (Lipinski definition) is 2. The first kappa shape index (κ1) is 23.7. The number of thioether (sulfide) groups is 1. The third-order valence-corrected chi connectivity index (χ3v) is 5.98. The molecule has 2 N–H and O–H groups in total. The lowest BCUT2D eigenvalue weighted by Gasteiger charge is -2.32. The van der Waals surface area contributed by atoms with Gasteiger partial charge >= 0.3 is 5.97 Å². The molecule has 0 radical (unpaired) electrons. The minimum Gasteiger partial charge on any atom is -0.452 e. The predicted octanol–water partition coefficient (Wildman–Crippen LogP) is 3.25. The fourth-order valence-electron chi connectivity index (χ4n) is 3.41. The van der Waals surface area contributed by atoms with Crippen LogP contribution in [0.15, 0.2) is 18.2 Å². The second kappa shape index (κ2) is 11.0. The maximum atomic E-state index is 12.3. The molecule has 8 heteroatoms. The van der Waals surface area contributed by atoms with E-state index in [1.54, 1.807) is 0 Å². The molecule has 0 heterocycles. The summed E-state index contributed by atoms with van der Waals surface area (Å²) in [6, 6.07) is 7.96. The summed E-state index contributed by atoms with van der Waals surface area (Å²) in [6.45, 7) is 5.39. The van der Waals surface area contributed by atoms with Crippen LogP contribution in [0.2, 0.25) is 0 Å². The normalized spacial score (nSPS) is 16.1. The van der Waals surface area contributed by atoms with Gasteiger partial charge < -0.3 is 15.4 Å². The molecular formula is C22H29N3O4S. The fraction of sp³-hybridized carbons (Fsp3) is 0.545. The third kappa shape index (κ3) is 7.06. The maximum absolute atomic E-state index is 12.3. The number of ether oxygens (including phenoxy) is 1. The Kier molecular flexibility index (Phi) is 8.72. The summed E-state index contributed by atoms with van der Waals surface area (Å²) in [5.74, 6) is -1.19. The Bertz CT molecular complexity index is 828. The number of rotatable bonds is 8. The summed E-state index contributed by atoms with van der Waals surface area (Å²) in [6.07, 6.45) is 3.07. The van der Waals surface area contributed by atoms with E-state index in [0.29, 0.717) is 12.8 Å². The monoisotopic (exact) mass is 431 g/mol. The fourth-order valence-corrected chi connectivity index (χ4v) is 4.00. The number of amides is 2. The molecule has 2 amide bonds. The number of carbonyl (C=O) groups excluding carboxylic acids is 3. The molecule has 1 aromatic rings. The van der Waals surface area contributed by atoms with Crippen LogP contribution >= 0.6 is 11.8 Å². The summed E-state index contributed by atoms with van der Waals surface area (Å²) in [7, 11) is 0.